The van der Waals surface area contributed by atoms with Crippen molar-refractivity contribution in [3.05, 3.63) is 69.2 Å². The van der Waals surface area contributed by atoms with Crippen LogP contribution in [0.1, 0.15) is 29.2 Å². The van der Waals surface area contributed by atoms with E-state index in [1.54, 1.807) is 12.1 Å². The Labute approximate surface area is 144 Å². The van der Waals surface area contributed by atoms with Crippen molar-refractivity contribution in [2.75, 3.05) is 0 Å². The maximum absolute atomic E-state index is 12.1. The highest BCUT2D eigenvalue weighted by atomic mass is 35.5. The number of hydrogen-bond acceptors (Lipinski definition) is 1. The minimum absolute atomic E-state index is 0.126. The molecule has 0 fully saturated rings. The van der Waals surface area contributed by atoms with Gasteiger partial charge >= 0.3 is 6.03 Å². The van der Waals surface area contributed by atoms with Crippen LogP contribution in [-0.2, 0) is 6.42 Å². The molecule has 4 rings (SSSR count). The zero-order chi connectivity index (χ0) is 16.0. The molecule has 3 nitrogen and oxygen atoms in total. The molecule has 0 radical (unpaired) electrons. The van der Waals surface area contributed by atoms with Crippen LogP contribution in [0.15, 0.2) is 47.5 Å². The first-order valence-electron chi connectivity index (χ1n) is 7.56. The highest BCUT2D eigenvalue weighted by molar-refractivity contribution is 6.35. The Kier molecular flexibility index (Phi) is 3.63. The smallest absolute Gasteiger partial charge is 0.329 e. The van der Waals surface area contributed by atoms with E-state index >= 15 is 0 Å². The second-order valence-corrected chi connectivity index (χ2v) is 6.74. The number of hydrogen-bond donors (Lipinski definition) is 1. The SMILES string of the molecule is O=C1N=C2c3ccccc3CCC2C(c2ccc(Cl)cc2Cl)N1. The molecule has 5 heteroatoms. The summed E-state index contributed by atoms with van der Waals surface area (Å²) in [7, 11) is 0. The van der Waals surface area contributed by atoms with Crippen LogP contribution in [0.3, 0.4) is 0 Å². The van der Waals surface area contributed by atoms with Gasteiger partial charge in [-0.25, -0.2) is 4.79 Å². The molecule has 2 aromatic carbocycles. The molecule has 2 aromatic rings. The number of fused-ring (bicyclic) bond motifs is 3. The average Bonchev–Trinajstić information content (AvgIpc) is 2.54. The molecule has 0 saturated heterocycles. The number of benzene rings is 2. The van der Waals surface area contributed by atoms with Crippen LogP contribution in [0.25, 0.3) is 0 Å². The minimum Gasteiger partial charge on any atom is -0.329 e. The van der Waals surface area contributed by atoms with E-state index in [9.17, 15) is 4.79 Å². The van der Waals surface area contributed by atoms with Gasteiger partial charge in [0.25, 0.3) is 0 Å². The van der Waals surface area contributed by atoms with Crippen LogP contribution in [-0.4, -0.2) is 11.7 Å². The first kappa shape index (κ1) is 14.7. The van der Waals surface area contributed by atoms with Crippen LogP contribution in [0.4, 0.5) is 4.79 Å². The van der Waals surface area contributed by atoms with E-state index in [0.717, 1.165) is 29.7 Å². The van der Waals surface area contributed by atoms with Crippen LogP contribution in [0.2, 0.25) is 10.0 Å². The Morgan fingerprint density at radius 3 is 2.78 bits per heavy atom. The molecule has 0 spiro atoms. The molecular formula is C18H14Cl2N2O. The predicted molar refractivity (Wildman–Crippen MR) is 92.5 cm³/mol. The zero-order valence-corrected chi connectivity index (χ0v) is 13.7. The van der Waals surface area contributed by atoms with Gasteiger partial charge in [0.15, 0.2) is 0 Å². The van der Waals surface area contributed by atoms with Gasteiger partial charge in [-0.1, -0.05) is 53.5 Å². The quantitative estimate of drug-likeness (QED) is 0.792. The van der Waals surface area contributed by atoms with Gasteiger partial charge in [0.2, 0.25) is 0 Å². The topological polar surface area (TPSA) is 41.5 Å². The van der Waals surface area contributed by atoms with Gasteiger partial charge in [0, 0.05) is 16.0 Å². The van der Waals surface area contributed by atoms with Gasteiger partial charge in [0.05, 0.1) is 11.8 Å². The van der Waals surface area contributed by atoms with E-state index in [1.807, 2.05) is 24.3 Å². The summed E-state index contributed by atoms with van der Waals surface area (Å²) in [6.45, 7) is 0. The van der Waals surface area contributed by atoms with Crippen LogP contribution in [0, 0.1) is 5.92 Å². The number of rotatable bonds is 1. The zero-order valence-electron chi connectivity index (χ0n) is 12.2. The van der Waals surface area contributed by atoms with E-state index < -0.39 is 0 Å². The van der Waals surface area contributed by atoms with E-state index in [4.69, 9.17) is 23.2 Å². The van der Waals surface area contributed by atoms with Crippen molar-refractivity contribution in [2.24, 2.45) is 10.9 Å². The summed E-state index contributed by atoms with van der Waals surface area (Å²) in [5, 5.41) is 4.13. The van der Waals surface area contributed by atoms with Crippen molar-refractivity contribution in [2.45, 2.75) is 18.9 Å². The van der Waals surface area contributed by atoms with E-state index in [0.29, 0.717) is 10.0 Å². The molecule has 0 bridgehead atoms. The third kappa shape index (κ3) is 2.54. The second kappa shape index (κ2) is 5.66. The maximum atomic E-state index is 12.1. The van der Waals surface area contributed by atoms with Crippen molar-refractivity contribution in [3.63, 3.8) is 0 Å². The molecule has 2 unspecified atom stereocenters. The van der Waals surface area contributed by atoms with Gasteiger partial charge in [-0.2, -0.15) is 4.99 Å². The molecule has 1 aliphatic heterocycles. The largest absolute Gasteiger partial charge is 0.341 e. The Morgan fingerprint density at radius 1 is 1.13 bits per heavy atom. The first-order valence-corrected chi connectivity index (χ1v) is 8.31. The third-order valence-corrected chi connectivity index (χ3v) is 5.13. The molecule has 0 aromatic heterocycles. The summed E-state index contributed by atoms with van der Waals surface area (Å²) in [6.07, 6.45) is 1.90. The van der Waals surface area contributed by atoms with Gasteiger partial charge in [-0.05, 0) is 41.7 Å². The fourth-order valence-electron chi connectivity index (χ4n) is 3.53. The Bertz CT molecular complexity index is 832. The van der Waals surface area contributed by atoms with E-state index in [1.165, 1.54) is 5.56 Å². The number of amides is 2. The van der Waals surface area contributed by atoms with Gasteiger partial charge < -0.3 is 5.32 Å². The van der Waals surface area contributed by atoms with Crippen molar-refractivity contribution >= 4 is 34.9 Å². The number of aryl methyl sites for hydroxylation is 1. The molecule has 1 heterocycles. The van der Waals surface area contributed by atoms with Gasteiger partial charge in [-0.3, -0.25) is 0 Å². The number of carbonyl (C=O) groups is 1. The van der Waals surface area contributed by atoms with Crippen molar-refractivity contribution in [1.29, 1.82) is 0 Å². The van der Waals surface area contributed by atoms with Crippen molar-refractivity contribution in [3.8, 4) is 0 Å². The van der Waals surface area contributed by atoms with Gasteiger partial charge in [-0.15, -0.1) is 0 Å². The summed E-state index contributed by atoms with van der Waals surface area (Å²) in [4.78, 5) is 16.4. The predicted octanol–water partition coefficient (Wildman–Crippen LogP) is 4.81. The van der Waals surface area contributed by atoms with Gasteiger partial charge in [0.1, 0.15) is 0 Å². The monoisotopic (exact) mass is 344 g/mol. The third-order valence-electron chi connectivity index (χ3n) is 4.57. The van der Waals surface area contributed by atoms with Crippen LogP contribution >= 0.6 is 23.2 Å². The number of halogens is 2. The lowest BCUT2D eigenvalue weighted by Crippen LogP contribution is -2.43. The molecule has 2 atom stereocenters. The summed E-state index contributed by atoms with van der Waals surface area (Å²) >= 11 is 12.4. The maximum Gasteiger partial charge on any atom is 0.341 e. The molecule has 23 heavy (non-hydrogen) atoms. The standard InChI is InChI=1S/C18H14Cl2N2O/c19-11-6-8-13(15(20)9-11)17-14-7-5-10-3-1-2-4-12(10)16(14)21-18(23)22-17/h1-4,6,8-9,14,17H,5,7H2,(H,22,23). The number of nitrogens with zero attached hydrogens (tertiary/aromatic N) is 1. The fraction of sp³-hybridized carbons (Fsp3) is 0.222. The average molecular weight is 345 g/mol. The van der Waals surface area contributed by atoms with Crippen LogP contribution in [0.5, 0.6) is 0 Å². The summed E-state index contributed by atoms with van der Waals surface area (Å²) in [5.74, 6) is 0.126. The van der Waals surface area contributed by atoms with E-state index in [-0.39, 0.29) is 18.0 Å². The molecule has 2 amide bonds. The number of aliphatic imine (C=N–C) groups is 1. The normalized spacial score (nSPS) is 22.7. The lowest BCUT2D eigenvalue weighted by Gasteiger charge is -2.36. The number of carbonyl (C=O) groups excluding carboxylic acids is 1. The Hall–Kier alpha value is -1.84. The Morgan fingerprint density at radius 2 is 1.96 bits per heavy atom. The number of urea groups is 1. The van der Waals surface area contributed by atoms with Crippen LogP contribution < -0.4 is 5.32 Å². The molecule has 1 aliphatic carbocycles. The van der Waals surface area contributed by atoms with E-state index in [2.05, 4.69) is 16.4 Å². The summed E-state index contributed by atoms with van der Waals surface area (Å²) in [5.41, 5.74) is 4.08. The number of nitrogens with one attached hydrogen (secondary N) is 1. The molecule has 2 aliphatic rings. The molecule has 116 valence electrons. The summed E-state index contributed by atoms with van der Waals surface area (Å²) < 4.78 is 0. The summed E-state index contributed by atoms with van der Waals surface area (Å²) in [6, 6.07) is 13.1. The highest BCUT2D eigenvalue weighted by Crippen LogP contribution is 2.39. The lowest BCUT2D eigenvalue weighted by atomic mass is 9.75. The fourth-order valence-corrected chi connectivity index (χ4v) is 4.05. The second-order valence-electron chi connectivity index (χ2n) is 5.89. The molecule has 0 saturated carbocycles. The molecular weight excluding hydrogens is 331 g/mol. The molecule has 1 N–H and O–H groups in total. The van der Waals surface area contributed by atoms with Crippen molar-refractivity contribution in [1.82, 2.24) is 5.32 Å². The highest BCUT2D eigenvalue weighted by Gasteiger charge is 2.37. The first-order chi connectivity index (χ1) is 11.1. The Balaban J connectivity index is 1.81. The van der Waals surface area contributed by atoms with Crippen molar-refractivity contribution < 1.29 is 4.79 Å². The minimum atomic E-state index is -0.316. The lowest BCUT2D eigenvalue weighted by molar-refractivity contribution is 0.239.